The Hall–Kier alpha value is -3.90. The zero-order valence-electron chi connectivity index (χ0n) is 27.0. The van der Waals surface area contributed by atoms with Gasteiger partial charge in [-0.05, 0) is 56.5 Å². The van der Waals surface area contributed by atoms with Crippen molar-refractivity contribution in [1.82, 2.24) is 9.78 Å². The van der Waals surface area contributed by atoms with Crippen LogP contribution in [0.5, 0.6) is 5.75 Å². The summed E-state index contributed by atoms with van der Waals surface area (Å²) in [5.41, 5.74) is 9.32. The highest BCUT2D eigenvalue weighted by molar-refractivity contribution is 7.99. The van der Waals surface area contributed by atoms with Gasteiger partial charge < -0.3 is 20.5 Å². The summed E-state index contributed by atoms with van der Waals surface area (Å²) in [6.45, 7) is 2.95. The van der Waals surface area contributed by atoms with Crippen LogP contribution in [-0.2, 0) is 16.1 Å². The fourth-order valence-corrected chi connectivity index (χ4v) is 7.18. The Morgan fingerprint density at radius 3 is 2.65 bits per heavy atom. The summed E-state index contributed by atoms with van der Waals surface area (Å²) in [5, 5.41) is 14.1. The lowest BCUT2D eigenvalue weighted by atomic mass is 10.0. The summed E-state index contributed by atoms with van der Waals surface area (Å²) in [4.78, 5) is 39.6. The van der Waals surface area contributed by atoms with Crippen LogP contribution in [0.3, 0.4) is 0 Å². The van der Waals surface area contributed by atoms with Crippen LogP contribution in [0.25, 0.3) is 11.1 Å². The van der Waals surface area contributed by atoms with E-state index in [4.69, 9.17) is 38.8 Å². The van der Waals surface area contributed by atoms with Crippen LogP contribution in [0, 0.1) is 12.7 Å². The zero-order valence-corrected chi connectivity index (χ0v) is 29.3. The number of carboxylic acid groups (broad SMARTS) is 1. The lowest BCUT2D eigenvalue weighted by Gasteiger charge is -2.30. The maximum atomic E-state index is 15.2. The second kappa shape index (κ2) is 16.7. The molecule has 3 aromatic carbocycles. The average molecular weight is 728 g/mol. The van der Waals surface area contributed by atoms with Gasteiger partial charge in [0.05, 0.1) is 25.0 Å². The van der Waals surface area contributed by atoms with Crippen LogP contribution in [0.4, 0.5) is 10.1 Å². The molecule has 1 amide bonds. The molecule has 0 unspecified atom stereocenters. The molecular formula is C36H37Cl2FN4O5S. The maximum Gasteiger partial charge on any atom is 0.320 e. The number of nitrogens with two attached hydrogens (primary N) is 1. The topological polar surface area (TPSA) is 128 Å². The molecule has 0 fully saturated rings. The summed E-state index contributed by atoms with van der Waals surface area (Å²) in [5.74, 6) is -0.501. The molecule has 5 rings (SSSR count). The third-order valence-electron chi connectivity index (χ3n) is 8.37. The molecule has 0 radical (unpaired) electrons. The molecule has 1 aromatic heterocycles. The van der Waals surface area contributed by atoms with Crippen LogP contribution in [0.1, 0.15) is 60.0 Å². The Morgan fingerprint density at radius 1 is 1.08 bits per heavy atom. The molecule has 2 heterocycles. The normalized spacial score (nSPS) is 13.2. The summed E-state index contributed by atoms with van der Waals surface area (Å²) < 4.78 is 22.7. The van der Waals surface area contributed by atoms with Crippen LogP contribution >= 0.6 is 35.0 Å². The highest BCUT2D eigenvalue weighted by atomic mass is 35.5. The number of benzene rings is 3. The number of carboxylic acids is 1. The van der Waals surface area contributed by atoms with Gasteiger partial charge in [0.25, 0.3) is 0 Å². The second-order valence-electron chi connectivity index (χ2n) is 11.8. The van der Waals surface area contributed by atoms with Crippen molar-refractivity contribution in [2.75, 3.05) is 23.8 Å². The predicted molar refractivity (Wildman–Crippen MR) is 191 cm³/mol. The van der Waals surface area contributed by atoms with Gasteiger partial charge in [-0.2, -0.15) is 5.10 Å². The van der Waals surface area contributed by atoms with Gasteiger partial charge in [0.15, 0.2) is 5.78 Å². The summed E-state index contributed by atoms with van der Waals surface area (Å²) in [6.07, 6.45) is 5.69. The molecule has 0 saturated heterocycles. The van der Waals surface area contributed by atoms with Crippen molar-refractivity contribution >= 4 is 58.3 Å². The van der Waals surface area contributed by atoms with E-state index in [9.17, 15) is 14.4 Å². The number of nitrogens with zero attached hydrogens (tertiary/aromatic N) is 3. The van der Waals surface area contributed by atoms with E-state index < -0.39 is 17.8 Å². The molecule has 1 atom stereocenters. The van der Waals surface area contributed by atoms with Crippen LogP contribution in [0.2, 0.25) is 10.0 Å². The average Bonchev–Trinajstić information content (AvgIpc) is 3.55. The summed E-state index contributed by atoms with van der Waals surface area (Å²) >= 11 is 14.3. The molecule has 0 aliphatic carbocycles. The number of aromatic nitrogens is 2. The highest BCUT2D eigenvalue weighted by Gasteiger charge is 2.26. The second-order valence-corrected chi connectivity index (χ2v) is 13.7. The number of ether oxygens (including phenoxy) is 1. The van der Waals surface area contributed by atoms with Gasteiger partial charge in [0.1, 0.15) is 17.6 Å². The number of anilines is 1. The minimum absolute atomic E-state index is 0.0234. The van der Waals surface area contributed by atoms with E-state index in [1.807, 2.05) is 54.4 Å². The number of halogens is 3. The van der Waals surface area contributed by atoms with Crippen molar-refractivity contribution in [3.8, 4) is 16.9 Å². The lowest BCUT2D eigenvalue weighted by molar-refractivity contribution is -0.138. The van der Waals surface area contributed by atoms with Gasteiger partial charge in [-0.1, -0.05) is 47.8 Å². The minimum Gasteiger partial charge on any atom is -0.493 e. The molecule has 3 N–H and O–H groups in total. The first-order valence-electron chi connectivity index (χ1n) is 16.0. The number of carbonyl (C=O) groups is 3. The van der Waals surface area contributed by atoms with Crippen molar-refractivity contribution in [3.63, 3.8) is 0 Å². The number of thioether (sulfide) groups is 1. The van der Waals surface area contributed by atoms with Gasteiger partial charge in [-0.3, -0.25) is 19.1 Å². The third kappa shape index (κ3) is 9.02. The molecule has 13 heteroatoms. The van der Waals surface area contributed by atoms with Crippen molar-refractivity contribution in [2.24, 2.45) is 5.73 Å². The lowest BCUT2D eigenvalue weighted by Crippen LogP contribution is -2.35. The molecule has 1 aliphatic heterocycles. The number of unbranched alkanes of at least 4 members (excludes halogenated alkanes) is 1. The molecule has 9 nitrogen and oxygen atoms in total. The highest BCUT2D eigenvalue weighted by Crippen LogP contribution is 2.42. The smallest absolute Gasteiger partial charge is 0.320 e. The number of amides is 1. The van der Waals surface area contributed by atoms with Crippen molar-refractivity contribution in [3.05, 3.63) is 93.5 Å². The monoisotopic (exact) mass is 726 g/mol. The van der Waals surface area contributed by atoms with Crippen LogP contribution in [0.15, 0.2) is 65.8 Å². The molecule has 0 spiro atoms. The fraction of sp³-hybridized carbons (Fsp3) is 0.333. The van der Waals surface area contributed by atoms with E-state index in [-0.39, 0.29) is 47.2 Å². The standard InChI is InChI=1S/C36H37Cl2FN4O5S/c1-22-27(37)8-5-12-33(22)48-15-6-13-34(45)43-14-16-49-35-25(7-4-10-31(35)43)24-19-41-42(20-24)21-26-28(38)17-23(18-29(26)39)32(44)11-3-2-9-30(40)36(46)47/h4-5,7-8,10,12,17-20,30H,2-3,6,9,11,13-16,21,40H2,1H3,(H,46,47)/t30-/m0/s1. The number of Topliss-reactive ketones (excluding diaryl/α,β-unsaturated/α-hetero) is 1. The molecule has 1 aliphatic rings. The third-order valence-corrected chi connectivity index (χ3v) is 10.2. The van der Waals surface area contributed by atoms with Crippen LogP contribution < -0.4 is 15.4 Å². The largest absolute Gasteiger partial charge is 0.493 e. The first-order chi connectivity index (χ1) is 23.5. The Kier molecular flexibility index (Phi) is 12.4. The van der Waals surface area contributed by atoms with Crippen molar-refractivity contribution < 1.29 is 28.6 Å². The predicted octanol–water partition coefficient (Wildman–Crippen LogP) is 7.81. The number of hydrogen-bond acceptors (Lipinski definition) is 7. The van der Waals surface area contributed by atoms with Gasteiger partial charge in [0.2, 0.25) is 5.91 Å². The van der Waals surface area contributed by atoms with E-state index in [0.29, 0.717) is 49.6 Å². The van der Waals surface area contributed by atoms with Crippen LogP contribution in [-0.4, -0.2) is 57.5 Å². The minimum atomic E-state index is -1.08. The number of fused-ring (bicyclic) bond motifs is 1. The quantitative estimate of drug-likeness (QED) is 0.0938. The van der Waals surface area contributed by atoms with E-state index in [1.54, 1.807) is 22.6 Å². The van der Waals surface area contributed by atoms with E-state index >= 15 is 4.39 Å². The van der Waals surface area contributed by atoms with Gasteiger partial charge >= 0.3 is 5.97 Å². The molecule has 4 aromatic rings. The van der Waals surface area contributed by atoms with Gasteiger partial charge in [-0.15, -0.1) is 11.8 Å². The van der Waals surface area contributed by atoms with E-state index in [2.05, 4.69) is 5.10 Å². The number of aliphatic carboxylic acids is 1. The zero-order chi connectivity index (χ0) is 35.1. The molecule has 0 bridgehead atoms. The molecule has 258 valence electrons. The number of hydrogen-bond donors (Lipinski definition) is 2. The van der Waals surface area contributed by atoms with E-state index in [1.165, 1.54) is 12.1 Å². The molecule has 0 saturated carbocycles. The molecule has 49 heavy (non-hydrogen) atoms. The van der Waals surface area contributed by atoms with E-state index in [0.717, 1.165) is 33.0 Å². The Morgan fingerprint density at radius 2 is 1.88 bits per heavy atom. The van der Waals surface area contributed by atoms with Gasteiger partial charge in [0, 0.05) is 74.1 Å². The Labute approximate surface area is 298 Å². The Bertz CT molecular complexity index is 1830. The first-order valence-corrected chi connectivity index (χ1v) is 17.7. The summed E-state index contributed by atoms with van der Waals surface area (Å²) in [7, 11) is 0. The molecular weight excluding hydrogens is 690 g/mol. The number of carbonyl (C=O) groups excluding carboxylic acids is 2. The van der Waals surface area contributed by atoms with Crippen molar-refractivity contribution in [1.29, 1.82) is 0 Å². The van der Waals surface area contributed by atoms with Gasteiger partial charge in [-0.25, -0.2) is 4.39 Å². The number of rotatable bonds is 15. The van der Waals surface area contributed by atoms with Crippen molar-refractivity contribution in [2.45, 2.75) is 62.9 Å². The Balaban J connectivity index is 1.21. The maximum absolute atomic E-state index is 15.2. The summed E-state index contributed by atoms with van der Waals surface area (Å²) in [6, 6.07) is 13.0. The SMILES string of the molecule is Cc1c(Cl)cccc1OCCCC(=O)N1CCSc2c(-c3cnn(Cc4c(F)cc(C(=O)CCCC[C@H](N)C(=O)O)cc4Cl)c3)cccc21. The fourth-order valence-electron chi connectivity index (χ4n) is 5.60. The number of ketones is 1. The first kappa shape index (κ1) is 36.4.